The molecule has 0 bridgehead atoms. The van der Waals surface area contributed by atoms with E-state index in [1.807, 2.05) is 0 Å². The van der Waals surface area contributed by atoms with Crippen LogP contribution in [0.1, 0.15) is 13.8 Å². The molecule has 4 heterocycles. The minimum absolute atomic E-state index is 0.689. The molecule has 0 radical (unpaired) electrons. The van der Waals surface area contributed by atoms with Crippen molar-refractivity contribution in [2.24, 2.45) is 0 Å². The van der Waals surface area contributed by atoms with Gasteiger partial charge in [-0.2, -0.15) is 0 Å². The smallest absolute Gasteiger partial charge is 0.217 e. The van der Waals surface area contributed by atoms with Gasteiger partial charge in [-0.25, -0.2) is 0 Å². The van der Waals surface area contributed by atoms with Crippen LogP contribution in [0.15, 0.2) is 0 Å². The Bertz CT molecular complexity index is 1010. The van der Waals surface area contributed by atoms with E-state index in [4.69, 9.17) is 33.2 Å². The summed E-state index contributed by atoms with van der Waals surface area (Å²) in [5.41, 5.74) is 0. The van der Waals surface area contributed by atoms with Gasteiger partial charge in [-0.3, -0.25) is 4.79 Å². The lowest BCUT2D eigenvalue weighted by atomic mass is 9.95. The molecule has 4 saturated heterocycles. The van der Waals surface area contributed by atoms with Crippen molar-refractivity contribution in [2.75, 3.05) is 19.8 Å². The molecule has 20 atom stereocenters. The molecule has 13 N–H and O–H groups in total. The first-order valence-corrected chi connectivity index (χ1v) is 15.0. The van der Waals surface area contributed by atoms with E-state index in [-0.39, 0.29) is 0 Å². The summed E-state index contributed by atoms with van der Waals surface area (Å²) in [4.78, 5) is 11.8. The zero-order valence-corrected chi connectivity index (χ0v) is 25.3. The molecule has 21 heteroatoms. The van der Waals surface area contributed by atoms with Gasteiger partial charge in [0.15, 0.2) is 25.2 Å². The minimum atomic E-state index is -2.02. The maximum atomic E-state index is 11.8. The van der Waals surface area contributed by atoms with Crippen molar-refractivity contribution < 1.29 is 99.2 Å². The van der Waals surface area contributed by atoms with Crippen molar-refractivity contribution in [3.05, 3.63) is 0 Å². The number of ether oxygens (including phenoxy) is 7. The van der Waals surface area contributed by atoms with Gasteiger partial charge < -0.3 is 99.8 Å². The number of rotatable bonds is 10. The third kappa shape index (κ3) is 8.04. The Morgan fingerprint density at radius 1 is 0.553 bits per heavy atom. The molecule has 0 spiro atoms. The van der Waals surface area contributed by atoms with Crippen LogP contribution in [0.4, 0.5) is 0 Å². The van der Waals surface area contributed by atoms with Crippen LogP contribution in [0.5, 0.6) is 0 Å². The summed E-state index contributed by atoms with van der Waals surface area (Å²) in [7, 11) is 0. The Kier molecular flexibility index (Phi) is 13.2. The molecule has 274 valence electrons. The van der Waals surface area contributed by atoms with Gasteiger partial charge in [0.05, 0.1) is 25.9 Å². The van der Waals surface area contributed by atoms with Crippen LogP contribution < -0.4 is 5.32 Å². The van der Waals surface area contributed by atoms with Gasteiger partial charge in [0.25, 0.3) is 0 Å². The van der Waals surface area contributed by atoms with Crippen LogP contribution in [0.3, 0.4) is 0 Å². The average molecular weight is 692 g/mol. The fraction of sp³-hybridized carbons (Fsp3) is 0.962. The van der Waals surface area contributed by atoms with Gasteiger partial charge in [-0.15, -0.1) is 0 Å². The van der Waals surface area contributed by atoms with Crippen LogP contribution in [-0.4, -0.2) is 210 Å². The molecule has 0 aliphatic carbocycles. The Labute approximate surface area is 267 Å². The number of amides is 1. The van der Waals surface area contributed by atoms with Gasteiger partial charge >= 0.3 is 0 Å². The molecule has 0 aromatic heterocycles. The van der Waals surface area contributed by atoms with Gasteiger partial charge in [-0.1, -0.05) is 0 Å². The SMILES string of the molecule is CC(=O)N[C@H]1[C@H](O[C@H]2[C@@H](O)[C@@H](CO)O[C@@H](O[C@H]3[C@H](O[C@@H]4O[C@@H](C)[C@@H](O)[C@@H](O)[C@@H]4O)[C@@H](O)[C@H](O)O[C@@H]3CO)[C@@H]2O)O[C@H](CO)[C@@H](O)[C@@H]1O. The highest BCUT2D eigenvalue weighted by Gasteiger charge is 2.55. The summed E-state index contributed by atoms with van der Waals surface area (Å²) in [6, 6.07) is -1.49. The number of hydrogen-bond acceptors (Lipinski definition) is 20. The number of nitrogens with one attached hydrogen (secondary N) is 1. The molecule has 4 fully saturated rings. The van der Waals surface area contributed by atoms with Gasteiger partial charge in [-0.05, 0) is 6.92 Å². The van der Waals surface area contributed by atoms with Crippen molar-refractivity contribution in [1.29, 1.82) is 0 Å². The fourth-order valence-electron chi connectivity index (χ4n) is 5.88. The van der Waals surface area contributed by atoms with E-state index in [1.165, 1.54) is 6.92 Å². The quantitative estimate of drug-likeness (QED) is 0.101. The standard InChI is InChI=1S/C26H45NO20/c1-6-12(32)16(36)17(37)25(41-6)47-22-18(38)23(40)42-10(5-30)20(22)45-26-19(39)21(14(34)9(4-29)44-26)46-24-11(27-7(2)31)15(35)13(33)8(3-28)43-24/h6,8-26,28-30,32-40H,3-5H2,1-2H3,(H,27,31)/t6-,8+,9+,10+,11+,12+,13+,14-,15+,16+,17-,18+,19+,20+,21-,22+,23+,24-,25-,26-/m0/s1. The molecule has 4 aliphatic rings. The summed E-state index contributed by atoms with van der Waals surface area (Å²) in [6.45, 7) is -0.125. The maximum absolute atomic E-state index is 11.8. The molecule has 0 unspecified atom stereocenters. The summed E-state index contributed by atoms with van der Waals surface area (Å²) in [5.74, 6) is -0.689. The van der Waals surface area contributed by atoms with Crippen LogP contribution in [0.25, 0.3) is 0 Å². The van der Waals surface area contributed by atoms with Gasteiger partial charge in [0.2, 0.25) is 5.91 Å². The van der Waals surface area contributed by atoms with Crippen LogP contribution in [-0.2, 0) is 38.0 Å². The highest BCUT2D eigenvalue weighted by atomic mass is 16.8. The lowest BCUT2D eigenvalue weighted by Gasteiger charge is -2.49. The van der Waals surface area contributed by atoms with E-state index < -0.39 is 148 Å². The van der Waals surface area contributed by atoms with E-state index in [9.17, 15) is 66.1 Å². The van der Waals surface area contributed by atoms with Crippen molar-refractivity contribution in [1.82, 2.24) is 5.32 Å². The lowest BCUT2D eigenvalue weighted by Crippen LogP contribution is -2.69. The predicted molar refractivity (Wildman–Crippen MR) is 144 cm³/mol. The molecular formula is C26H45NO20. The number of aliphatic hydroxyl groups is 12. The lowest BCUT2D eigenvalue weighted by molar-refractivity contribution is -0.390. The molecule has 1 amide bonds. The zero-order chi connectivity index (χ0) is 34.9. The van der Waals surface area contributed by atoms with Crippen LogP contribution in [0.2, 0.25) is 0 Å². The second kappa shape index (κ2) is 16.2. The topological polar surface area (TPSA) is 336 Å². The second-order valence-corrected chi connectivity index (χ2v) is 11.9. The summed E-state index contributed by atoms with van der Waals surface area (Å²) in [5, 5.41) is 127. The minimum Gasteiger partial charge on any atom is -0.394 e. The highest BCUT2D eigenvalue weighted by Crippen LogP contribution is 2.34. The van der Waals surface area contributed by atoms with E-state index in [0.717, 1.165) is 6.92 Å². The molecule has 4 rings (SSSR count). The largest absolute Gasteiger partial charge is 0.394 e. The van der Waals surface area contributed by atoms with E-state index in [2.05, 4.69) is 5.32 Å². The van der Waals surface area contributed by atoms with Crippen LogP contribution >= 0.6 is 0 Å². The highest BCUT2D eigenvalue weighted by molar-refractivity contribution is 5.73. The first kappa shape index (κ1) is 38.5. The molecule has 0 aromatic rings. The summed E-state index contributed by atoms with van der Waals surface area (Å²) < 4.78 is 39.0. The van der Waals surface area contributed by atoms with Crippen LogP contribution in [0, 0.1) is 0 Å². The van der Waals surface area contributed by atoms with Gasteiger partial charge in [0.1, 0.15) is 91.5 Å². The molecule has 4 aliphatic heterocycles. The normalized spacial score (nSPS) is 51.0. The zero-order valence-electron chi connectivity index (χ0n) is 25.3. The third-order valence-electron chi connectivity index (χ3n) is 8.57. The summed E-state index contributed by atoms with van der Waals surface area (Å²) in [6.07, 6.45) is -32.5. The first-order valence-electron chi connectivity index (χ1n) is 15.0. The first-order chi connectivity index (χ1) is 22.1. The van der Waals surface area contributed by atoms with E-state index in [1.54, 1.807) is 0 Å². The molecule has 47 heavy (non-hydrogen) atoms. The molecular weight excluding hydrogens is 646 g/mol. The Morgan fingerprint density at radius 2 is 1.09 bits per heavy atom. The Morgan fingerprint density at radius 3 is 1.68 bits per heavy atom. The van der Waals surface area contributed by atoms with Crippen molar-refractivity contribution in [3.63, 3.8) is 0 Å². The maximum Gasteiger partial charge on any atom is 0.217 e. The Hall–Kier alpha value is -1.29. The monoisotopic (exact) mass is 691 g/mol. The fourth-order valence-corrected chi connectivity index (χ4v) is 5.88. The van der Waals surface area contributed by atoms with E-state index >= 15 is 0 Å². The van der Waals surface area contributed by atoms with Crippen molar-refractivity contribution in [2.45, 2.75) is 137 Å². The van der Waals surface area contributed by atoms with Crippen molar-refractivity contribution in [3.8, 4) is 0 Å². The number of aliphatic hydroxyl groups excluding tert-OH is 12. The summed E-state index contributed by atoms with van der Waals surface area (Å²) >= 11 is 0. The molecule has 0 saturated carbocycles. The number of hydrogen-bond donors (Lipinski definition) is 13. The molecule has 21 nitrogen and oxygen atoms in total. The van der Waals surface area contributed by atoms with E-state index in [0.29, 0.717) is 0 Å². The second-order valence-electron chi connectivity index (χ2n) is 11.9. The Balaban J connectivity index is 1.60. The number of carbonyl (C=O) groups is 1. The average Bonchev–Trinajstić information content (AvgIpc) is 3.04. The van der Waals surface area contributed by atoms with Crippen molar-refractivity contribution >= 4 is 5.91 Å². The number of carbonyl (C=O) groups excluding carboxylic acids is 1. The third-order valence-corrected chi connectivity index (χ3v) is 8.57. The predicted octanol–water partition coefficient (Wildman–Crippen LogP) is -8.58. The van der Waals surface area contributed by atoms with Gasteiger partial charge in [0, 0.05) is 6.92 Å². The molecule has 0 aromatic carbocycles.